The standard InChI is InChI=1S/C18H25NO3S/c1-13-8-10-14(11-9-13)23-16(20)15-7-5-6-12-19(15)17(21)22-18(2,3)4/h8-11,15H,5-7,12H2,1-4H3. The Bertz CT molecular complexity index is 563. The molecule has 1 amide bonds. The number of likely N-dealkylation sites (tertiary alicyclic amines) is 1. The molecular weight excluding hydrogens is 310 g/mol. The van der Waals surface area contributed by atoms with Crippen molar-refractivity contribution in [2.75, 3.05) is 6.54 Å². The maximum absolute atomic E-state index is 12.6. The number of nitrogens with zero attached hydrogens (tertiary/aromatic N) is 1. The van der Waals surface area contributed by atoms with Crippen LogP contribution in [-0.2, 0) is 9.53 Å². The molecule has 0 spiro atoms. The van der Waals surface area contributed by atoms with E-state index in [1.165, 1.54) is 11.8 Å². The topological polar surface area (TPSA) is 46.6 Å². The molecule has 0 aromatic heterocycles. The number of hydrogen-bond donors (Lipinski definition) is 0. The number of ether oxygens (including phenoxy) is 1. The van der Waals surface area contributed by atoms with Gasteiger partial charge in [0.15, 0.2) is 0 Å². The summed E-state index contributed by atoms with van der Waals surface area (Å²) in [5.41, 5.74) is 0.613. The van der Waals surface area contributed by atoms with Gasteiger partial charge in [0.25, 0.3) is 0 Å². The van der Waals surface area contributed by atoms with E-state index in [-0.39, 0.29) is 11.2 Å². The van der Waals surface area contributed by atoms with Crippen LogP contribution in [0.5, 0.6) is 0 Å². The van der Waals surface area contributed by atoms with Crippen molar-refractivity contribution < 1.29 is 14.3 Å². The van der Waals surface area contributed by atoms with Crippen molar-refractivity contribution in [2.45, 2.75) is 63.5 Å². The van der Waals surface area contributed by atoms with Gasteiger partial charge in [0.2, 0.25) is 5.12 Å². The number of aryl methyl sites for hydroxylation is 1. The van der Waals surface area contributed by atoms with Gasteiger partial charge < -0.3 is 4.74 Å². The molecule has 2 rings (SSSR count). The molecule has 1 unspecified atom stereocenters. The van der Waals surface area contributed by atoms with Crippen molar-refractivity contribution in [1.29, 1.82) is 0 Å². The summed E-state index contributed by atoms with van der Waals surface area (Å²) < 4.78 is 5.45. The fourth-order valence-corrected chi connectivity index (χ4v) is 3.39. The van der Waals surface area contributed by atoms with Crippen LogP contribution in [-0.4, -0.2) is 34.3 Å². The lowest BCUT2D eigenvalue weighted by Crippen LogP contribution is -2.49. The highest BCUT2D eigenvalue weighted by atomic mass is 32.2. The summed E-state index contributed by atoms with van der Waals surface area (Å²) in [6.45, 7) is 8.12. The van der Waals surface area contributed by atoms with Crippen LogP contribution in [0.1, 0.15) is 45.6 Å². The van der Waals surface area contributed by atoms with Gasteiger partial charge in [-0.25, -0.2) is 4.79 Å². The minimum atomic E-state index is -0.549. The van der Waals surface area contributed by atoms with Crippen molar-refractivity contribution in [3.63, 3.8) is 0 Å². The van der Waals surface area contributed by atoms with Crippen molar-refractivity contribution in [1.82, 2.24) is 4.90 Å². The zero-order valence-electron chi connectivity index (χ0n) is 14.3. The molecule has 5 heteroatoms. The third-order valence-corrected chi connectivity index (χ3v) is 4.62. The van der Waals surface area contributed by atoms with Crippen LogP contribution in [0, 0.1) is 6.92 Å². The fourth-order valence-electron chi connectivity index (χ4n) is 2.51. The molecule has 126 valence electrons. The van der Waals surface area contributed by atoms with Crippen molar-refractivity contribution in [3.8, 4) is 0 Å². The summed E-state index contributed by atoms with van der Waals surface area (Å²) in [4.78, 5) is 27.5. The molecule has 1 atom stereocenters. The van der Waals surface area contributed by atoms with Crippen LogP contribution in [0.15, 0.2) is 29.2 Å². The Morgan fingerprint density at radius 1 is 1.17 bits per heavy atom. The van der Waals surface area contributed by atoms with Crippen LogP contribution < -0.4 is 0 Å². The molecule has 0 saturated carbocycles. The second-order valence-electron chi connectivity index (χ2n) is 6.92. The highest BCUT2D eigenvalue weighted by Crippen LogP contribution is 2.28. The lowest BCUT2D eigenvalue weighted by Gasteiger charge is -2.35. The van der Waals surface area contributed by atoms with Gasteiger partial charge in [0.05, 0.1) is 0 Å². The van der Waals surface area contributed by atoms with Gasteiger partial charge in [-0.3, -0.25) is 9.69 Å². The first kappa shape index (κ1) is 17.9. The normalized spacial score (nSPS) is 18.6. The molecule has 1 aromatic carbocycles. The number of rotatable bonds is 2. The third kappa shape index (κ3) is 5.27. The quantitative estimate of drug-likeness (QED) is 0.751. The lowest BCUT2D eigenvalue weighted by molar-refractivity contribution is -0.116. The summed E-state index contributed by atoms with van der Waals surface area (Å²) >= 11 is 1.21. The van der Waals surface area contributed by atoms with Gasteiger partial charge >= 0.3 is 6.09 Å². The Morgan fingerprint density at radius 3 is 2.43 bits per heavy atom. The number of thioether (sulfide) groups is 1. The Morgan fingerprint density at radius 2 is 1.83 bits per heavy atom. The fraction of sp³-hybridized carbons (Fsp3) is 0.556. The smallest absolute Gasteiger partial charge is 0.410 e. The third-order valence-electron chi connectivity index (χ3n) is 3.64. The van der Waals surface area contributed by atoms with Gasteiger partial charge in [-0.15, -0.1) is 0 Å². The van der Waals surface area contributed by atoms with E-state index < -0.39 is 11.6 Å². The number of carbonyl (C=O) groups is 2. The summed E-state index contributed by atoms with van der Waals surface area (Å²) in [5.74, 6) is 0. The maximum atomic E-state index is 12.6. The van der Waals surface area contributed by atoms with E-state index >= 15 is 0 Å². The monoisotopic (exact) mass is 335 g/mol. The van der Waals surface area contributed by atoms with E-state index in [1.807, 2.05) is 52.0 Å². The Hall–Kier alpha value is -1.49. The molecule has 1 aliphatic heterocycles. The number of carbonyl (C=O) groups excluding carboxylic acids is 2. The second-order valence-corrected chi connectivity index (χ2v) is 8.00. The highest BCUT2D eigenvalue weighted by Gasteiger charge is 2.35. The molecule has 1 fully saturated rings. The lowest BCUT2D eigenvalue weighted by atomic mass is 10.0. The largest absolute Gasteiger partial charge is 0.444 e. The second kappa shape index (κ2) is 7.39. The molecule has 1 saturated heterocycles. The average Bonchev–Trinajstić information content (AvgIpc) is 2.48. The minimum Gasteiger partial charge on any atom is -0.444 e. The summed E-state index contributed by atoms with van der Waals surface area (Å²) in [6.07, 6.45) is 2.19. The van der Waals surface area contributed by atoms with E-state index in [0.717, 1.165) is 23.3 Å². The van der Waals surface area contributed by atoms with Gasteiger partial charge in [-0.05, 0) is 70.9 Å². The highest BCUT2D eigenvalue weighted by molar-refractivity contribution is 8.13. The zero-order valence-corrected chi connectivity index (χ0v) is 15.1. The van der Waals surface area contributed by atoms with E-state index in [0.29, 0.717) is 13.0 Å². The molecule has 0 N–H and O–H groups in total. The van der Waals surface area contributed by atoms with Gasteiger partial charge in [0.1, 0.15) is 11.6 Å². The predicted octanol–water partition coefficient (Wildman–Crippen LogP) is 4.40. The van der Waals surface area contributed by atoms with Gasteiger partial charge in [-0.2, -0.15) is 0 Å². The van der Waals surface area contributed by atoms with Crippen molar-refractivity contribution in [2.24, 2.45) is 0 Å². The summed E-state index contributed by atoms with van der Waals surface area (Å²) in [5, 5.41) is 0.0133. The van der Waals surface area contributed by atoms with Crippen molar-refractivity contribution >= 4 is 23.0 Å². The van der Waals surface area contributed by atoms with Crippen LogP contribution >= 0.6 is 11.8 Å². The first-order valence-corrected chi connectivity index (χ1v) is 8.86. The first-order chi connectivity index (χ1) is 10.8. The Labute approximate surface area is 142 Å². The predicted molar refractivity (Wildman–Crippen MR) is 92.6 cm³/mol. The van der Waals surface area contributed by atoms with E-state index in [4.69, 9.17) is 4.74 Å². The zero-order chi connectivity index (χ0) is 17.0. The van der Waals surface area contributed by atoms with Crippen molar-refractivity contribution in [3.05, 3.63) is 29.8 Å². The Balaban J connectivity index is 2.06. The van der Waals surface area contributed by atoms with Crippen LogP contribution in [0.2, 0.25) is 0 Å². The summed E-state index contributed by atoms with van der Waals surface area (Å²) in [6, 6.07) is 7.46. The molecule has 0 radical (unpaired) electrons. The molecule has 1 heterocycles. The number of hydrogen-bond acceptors (Lipinski definition) is 4. The SMILES string of the molecule is Cc1ccc(SC(=O)C2CCCCN2C(=O)OC(C)(C)C)cc1. The van der Waals surface area contributed by atoms with Gasteiger partial charge in [0, 0.05) is 11.4 Å². The average molecular weight is 335 g/mol. The van der Waals surface area contributed by atoms with E-state index in [1.54, 1.807) is 4.90 Å². The molecule has 1 aliphatic rings. The molecule has 1 aromatic rings. The number of piperidine rings is 1. The first-order valence-electron chi connectivity index (χ1n) is 8.04. The molecule has 23 heavy (non-hydrogen) atoms. The summed E-state index contributed by atoms with van der Waals surface area (Å²) in [7, 11) is 0. The molecule has 0 bridgehead atoms. The molecular formula is C18H25NO3S. The van der Waals surface area contributed by atoms with Crippen LogP contribution in [0.25, 0.3) is 0 Å². The molecule has 0 aliphatic carbocycles. The molecule has 4 nitrogen and oxygen atoms in total. The Kier molecular flexibility index (Phi) is 5.74. The van der Waals surface area contributed by atoms with Crippen LogP contribution in [0.4, 0.5) is 4.79 Å². The van der Waals surface area contributed by atoms with Gasteiger partial charge in [-0.1, -0.05) is 17.7 Å². The van der Waals surface area contributed by atoms with E-state index in [2.05, 4.69) is 0 Å². The van der Waals surface area contributed by atoms with Crippen LogP contribution in [0.3, 0.4) is 0 Å². The number of amides is 1. The number of benzene rings is 1. The maximum Gasteiger partial charge on any atom is 0.410 e. The van der Waals surface area contributed by atoms with E-state index in [9.17, 15) is 9.59 Å². The minimum absolute atomic E-state index is 0.0133.